The van der Waals surface area contributed by atoms with E-state index >= 15 is 0 Å². The van der Waals surface area contributed by atoms with Crippen LogP contribution in [-0.4, -0.2) is 46.9 Å². The van der Waals surface area contributed by atoms with Crippen LogP contribution >= 0.6 is 0 Å². The van der Waals surface area contributed by atoms with Crippen LogP contribution in [0.2, 0.25) is 0 Å². The predicted octanol–water partition coefficient (Wildman–Crippen LogP) is 15.0. The molecule has 0 aromatic heterocycles. The number of rotatable bonds is 46. The summed E-state index contributed by atoms with van der Waals surface area (Å²) in [6.07, 6.45) is 49.9. The van der Waals surface area contributed by atoms with Gasteiger partial charge < -0.3 is 20.3 Å². The molecule has 3 atom stereocenters. The van der Waals surface area contributed by atoms with Crippen LogP contribution in [-0.2, 0) is 14.3 Å². The molecular formula is C51H99NO5. The minimum Gasteiger partial charge on any atom is -0.462 e. The first-order valence-electron chi connectivity index (χ1n) is 25.4. The fraction of sp³-hybridized carbons (Fsp3) is 0.922. The Morgan fingerprint density at radius 3 is 1.30 bits per heavy atom. The van der Waals surface area contributed by atoms with Gasteiger partial charge in [0.1, 0.15) is 6.10 Å². The maximum absolute atomic E-state index is 13.1. The third-order valence-electron chi connectivity index (χ3n) is 11.8. The predicted molar refractivity (Wildman–Crippen MR) is 246 cm³/mol. The summed E-state index contributed by atoms with van der Waals surface area (Å²) < 4.78 is 5.91. The summed E-state index contributed by atoms with van der Waals surface area (Å²) in [5.74, 6) is -0.476. The highest BCUT2D eigenvalue weighted by Gasteiger charge is 2.24. The summed E-state index contributed by atoms with van der Waals surface area (Å²) in [4.78, 5) is 26.0. The SMILES string of the molecule is CCCC/C=C\CCCCCC(CC(=O)NC(CO)C(O)CCCCCCCCCCCCCCCC)OC(=O)CCCCCCCCCCCCCCCCC. The van der Waals surface area contributed by atoms with Gasteiger partial charge in [-0.25, -0.2) is 0 Å². The molecular weight excluding hydrogens is 707 g/mol. The number of aliphatic hydroxyl groups excluding tert-OH is 2. The lowest BCUT2D eigenvalue weighted by molar-refractivity contribution is -0.151. The number of hydrogen-bond donors (Lipinski definition) is 3. The van der Waals surface area contributed by atoms with E-state index in [4.69, 9.17) is 4.74 Å². The molecule has 6 heteroatoms. The Morgan fingerprint density at radius 2 is 0.860 bits per heavy atom. The van der Waals surface area contributed by atoms with E-state index in [0.717, 1.165) is 64.2 Å². The maximum atomic E-state index is 13.1. The Morgan fingerprint density at radius 1 is 0.491 bits per heavy atom. The monoisotopic (exact) mass is 806 g/mol. The molecule has 338 valence electrons. The van der Waals surface area contributed by atoms with Crippen molar-refractivity contribution in [2.45, 2.75) is 296 Å². The van der Waals surface area contributed by atoms with Gasteiger partial charge in [-0.3, -0.25) is 9.59 Å². The van der Waals surface area contributed by atoms with Gasteiger partial charge in [-0.2, -0.15) is 0 Å². The van der Waals surface area contributed by atoms with Gasteiger partial charge in [-0.15, -0.1) is 0 Å². The van der Waals surface area contributed by atoms with Crippen LogP contribution in [0.4, 0.5) is 0 Å². The molecule has 0 spiro atoms. The second kappa shape index (κ2) is 45.7. The highest BCUT2D eigenvalue weighted by molar-refractivity contribution is 5.77. The standard InChI is InChI=1S/C51H99NO5/c1-4-7-10-13-16-19-21-23-25-27-29-32-35-38-41-44-51(56)57-47(42-39-36-33-30-18-15-12-9-6-3)45-50(55)52-48(46-53)49(54)43-40-37-34-31-28-26-24-22-20-17-14-11-8-5-2/h15,18,47-49,53-54H,4-14,16-17,19-46H2,1-3H3,(H,52,55)/b18-15-. The van der Waals surface area contributed by atoms with E-state index in [1.54, 1.807) is 0 Å². The Bertz CT molecular complexity index is 863. The first-order chi connectivity index (χ1) is 28.0. The first kappa shape index (κ1) is 55.6. The van der Waals surface area contributed by atoms with Crippen molar-refractivity contribution in [1.29, 1.82) is 0 Å². The van der Waals surface area contributed by atoms with Crippen molar-refractivity contribution >= 4 is 11.9 Å². The molecule has 0 aliphatic rings. The van der Waals surface area contributed by atoms with Gasteiger partial charge in [-0.05, 0) is 44.9 Å². The van der Waals surface area contributed by atoms with Gasteiger partial charge in [0, 0.05) is 6.42 Å². The van der Waals surface area contributed by atoms with E-state index in [1.807, 2.05) is 0 Å². The zero-order valence-corrected chi connectivity index (χ0v) is 38.5. The quantitative estimate of drug-likeness (QED) is 0.0323. The largest absolute Gasteiger partial charge is 0.462 e. The Hall–Kier alpha value is -1.40. The van der Waals surface area contributed by atoms with Gasteiger partial charge in [0.15, 0.2) is 0 Å². The molecule has 0 aliphatic carbocycles. The van der Waals surface area contributed by atoms with Crippen molar-refractivity contribution in [2.75, 3.05) is 6.61 Å². The summed E-state index contributed by atoms with van der Waals surface area (Å²) in [5, 5.41) is 23.7. The van der Waals surface area contributed by atoms with Crippen LogP contribution < -0.4 is 5.32 Å². The minimum absolute atomic E-state index is 0.0730. The number of aliphatic hydroxyl groups is 2. The van der Waals surface area contributed by atoms with Crippen LogP contribution in [0.3, 0.4) is 0 Å². The molecule has 0 aliphatic heterocycles. The fourth-order valence-electron chi connectivity index (χ4n) is 7.94. The van der Waals surface area contributed by atoms with E-state index in [0.29, 0.717) is 19.3 Å². The fourth-order valence-corrected chi connectivity index (χ4v) is 7.94. The lowest BCUT2D eigenvalue weighted by Crippen LogP contribution is -2.46. The number of nitrogens with one attached hydrogen (secondary N) is 1. The Labute approximate surface area is 355 Å². The zero-order chi connectivity index (χ0) is 41.7. The van der Waals surface area contributed by atoms with Gasteiger partial charge in [0.05, 0.1) is 25.2 Å². The lowest BCUT2D eigenvalue weighted by atomic mass is 10.0. The summed E-state index contributed by atoms with van der Waals surface area (Å²) in [6.45, 7) is 6.45. The van der Waals surface area contributed by atoms with E-state index < -0.39 is 18.2 Å². The molecule has 1 amide bonds. The number of esters is 1. The van der Waals surface area contributed by atoms with E-state index in [9.17, 15) is 19.8 Å². The second-order valence-electron chi connectivity index (χ2n) is 17.6. The number of amides is 1. The zero-order valence-electron chi connectivity index (χ0n) is 38.5. The van der Waals surface area contributed by atoms with E-state index in [2.05, 4.69) is 38.2 Å². The number of ether oxygens (including phenoxy) is 1. The highest BCUT2D eigenvalue weighted by atomic mass is 16.5. The Balaban J connectivity index is 4.43. The lowest BCUT2D eigenvalue weighted by Gasteiger charge is -2.24. The van der Waals surface area contributed by atoms with Crippen LogP contribution in [0, 0.1) is 0 Å². The molecule has 0 radical (unpaired) electrons. The van der Waals surface area contributed by atoms with Gasteiger partial charge in [-0.1, -0.05) is 232 Å². The normalized spacial score (nSPS) is 13.3. The number of carbonyl (C=O) groups is 2. The molecule has 0 heterocycles. The van der Waals surface area contributed by atoms with Crippen molar-refractivity contribution in [2.24, 2.45) is 0 Å². The third kappa shape index (κ3) is 41.1. The third-order valence-corrected chi connectivity index (χ3v) is 11.8. The molecule has 0 saturated heterocycles. The van der Waals surface area contributed by atoms with Gasteiger partial charge in [0.25, 0.3) is 0 Å². The highest BCUT2D eigenvalue weighted by Crippen LogP contribution is 2.18. The molecule has 6 nitrogen and oxygen atoms in total. The summed E-state index contributed by atoms with van der Waals surface area (Å²) >= 11 is 0. The van der Waals surface area contributed by atoms with Gasteiger partial charge in [0.2, 0.25) is 5.91 Å². The topological polar surface area (TPSA) is 95.9 Å². The van der Waals surface area contributed by atoms with Crippen LogP contribution in [0.25, 0.3) is 0 Å². The van der Waals surface area contributed by atoms with Crippen LogP contribution in [0.1, 0.15) is 278 Å². The number of hydrogen-bond acceptors (Lipinski definition) is 5. The van der Waals surface area contributed by atoms with Gasteiger partial charge >= 0.3 is 5.97 Å². The average Bonchev–Trinajstić information content (AvgIpc) is 3.20. The van der Waals surface area contributed by atoms with E-state index in [-0.39, 0.29) is 24.9 Å². The average molecular weight is 806 g/mol. The van der Waals surface area contributed by atoms with Crippen LogP contribution in [0.15, 0.2) is 12.2 Å². The molecule has 3 unspecified atom stereocenters. The first-order valence-corrected chi connectivity index (χ1v) is 25.4. The van der Waals surface area contributed by atoms with Crippen LogP contribution in [0.5, 0.6) is 0 Å². The van der Waals surface area contributed by atoms with Crippen molar-refractivity contribution in [3.05, 3.63) is 12.2 Å². The molecule has 0 aromatic carbocycles. The molecule has 0 rings (SSSR count). The molecule has 0 saturated carbocycles. The minimum atomic E-state index is -0.784. The number of carbonyl (C=O) groups excluding carboxylic acids is 2. The molecule has 0 bridgehead atoms. The van der Waals surface area contributed by atoms with Crippen molar-refractivity contribution in [1.82, 2.24) is 5.32 Å². The van der Waals surface area contributed by atoms with Crippen molar-refractivity contribution in [3.63, 3.8) is 0 Å². The maximum Gasteiger partial charge on any atom is 0.306 e. The van der Waals surface area contributed by atoms with Crippen molar-refractivity contribution in [3.8, 4) is 0 Å². The second-order valence-corrected chi connectivity index (χ2v) is 17.6. The Kier molecular flexibility index (Phi) is 44.6. The molecule has 0 fully saturated rings. The summed E-state index contributed by atoms with van der Waals surface area (Å²) in [7, 11) is 0. The number of allylic oxidation sites excluding steroid dienone is 2. The van der Waals surface area contributed by atoms with E-state index in [1.165, 1.54) is 167 Å². The number of unbranched alkanes of at least 4 members (excludes halogenated alkanes) is 32. The molecule has 3 N–H and O–H groups in total. The smallest absolute Gasteiger partial charge is 0.306 e. The summed E-state index contributed by atoms with van der Waals surface area (Å²) in [5.41, 5.74) is 0. The van der Waals surface area contributed by atoms with Crippen molar-refractivity contribution < 1.29 is 24.5 Å². The molecule has 57 heavy (non-hydrogen) atoms. The summed E-state index contributed by atoms with van der Waals surface area (Å²) in [6, 6.07) is -0.698. The molecule has 0 aromatic rings.